The molecule has 1 aromatic heterocycles. The van der Waals surface area contributed by atoms with Gasteiger partial charge in [0, 0.05) is 12.5 Å². The van der Waals surface area contributed by atoms with E-state index in [1.807, 2.05) is 18.2 Å². The number of hydrogen-bond acceptors (Lipinski definition) is 5. The van der Waals surface area contributed by atoms with E-state index in [0.717, 1.165) is 11.1 Å². The fourth-order valence-electron chi connectivity index (χ4n) is 1.44. The maximum Gasteiger partial charge on any atom is 0.223 e. The maximum absolute atomic E-state index is 8.70. The molecule has 0 N–H and O–H groups in total. The van der Waals surface area contributed by atoms with Crippen molar-refractivity contribution >= 4 is 6.08 Å². The van der Waals surface area contributed by atoms with Crippen molar-refractivity contribution < 1.29 is 4.52 Å². The molecule has 0 aliphatic heterocycles. The van der Waals surface area contributed by atoms with Crippen LogP contribution in [0.1, 0.15) is 11.5 Å². The molecule has 0 spiro atoms. The van der Waals surface area contributed by atoms with Crippen LogP contribution in [0.3, 0.4) is 0 Å². The van der Waals surface area contributed by atoms with Crippen LogP contribution in [-0.2, 0) is 0 Å². The third-order valence-corrected chi connectivity index (χ3v) is 2.22. The second-order valence-corrected chi connectivity index (χ2v) is 3.54. The summed E-state index contributed by atoms with van der Waals surface area (Å²) in [6, 6.07) is 10.9. The molecule has 0 amide bonds. The number of aromatic nitrogens is 2. The Kier molecular flexibility index (Phi) is 3.17. The third-order valence-electron chi connectivity index (χ3n) is 2.22. The molecule has 5 heteroatoms. The zero-order valence-electron chi connectivity index (χ0n) is 9.58. The van der Waals surface area contributed by atoms with Gasteiger partial charge < -0.3 is 4.52 Å². The molecule has 0 radical (unpaired) electrons. The van der Waals surface area contributed by atoms with Gasteiger partial charge in [-0.25, -0.2) is 0 Å². The predicted octanol–water partition coefficient (Wildman–Crippen LogP) is 2.48. The second-order valence-electron chi connectivity index (χ2n) is 3.54. The van der Waals surface area contributed by atoms with E-state index in [4.69, 9.17) is 15.0 Å². The lowest BCUT2D eigenvalue weighted by Gasteiger charge is -1.96. The predicted molar refractivity (Wildman–Crippen MR) is 63.7 cm³/mol. The lowest BCUT2D eigenvalue weighted by atomic mass is 10.1. The minimum absolute atomic E-state index is 0.0523. The van der Waals surface area contributed by atoms with Gasteiger partial charge >= 0.3 is 0 Å². The van der Waals surface area contributed by atoms with E-state index >= 15 is 0 Å². The Morgan fingerprint density at radius 2 is 2.11 bits per heavy atom. The molecule has 0 aliphatic carbocycles. The lowest BCUT2D eigenvalue weighted by molar-refractivity contribution is 0.394. The minimum atomic E-state index is 0.0523. The highest BCUT2D eigenvalue weighted by Crippen LogP contribution is 2.18. The fourth-order valence-corrected chi connectivity index (χ4v) is 1.44. The summed E-state index contributed by atoms with van der Waals surface area (Å²) >= 11 is 0. The van der Waals surface area contributed by atoms with Crippen molar-refractivity contribution in [1.29, 1.82) is 10.5 Å². The smallest absolute Gasteiger partial charge is 0.223 e. The highest BCUT2D eigenvalue weighted by Gasteiger charge is 2.05. The highest BCUT2D eigenvalue weighted by molar-refractivity contribution is 5.66. The number of hydrogen-bond donors (Lipinski definition) is 0. The van der Waals surface area contributed by atoms with E-state index in [9.17, 15) is 0 Å². The first-order valence-electron chi connectivity index (χ1n) is 5.15. The van der Waals surface area contributed by atoms with Crippen LogP contribution in [0.5, 0.6) is 0 Å². The van der Waals surface area contributed by atoms with Gasteiger partial charge in [0.15, 0.2) is 0 Å². The van der Waals surface area contributed by atoms with Gasteiger partial charge in [0.05, 0.1) is 0 Å². The Balaban J connectivity index is 2.41. The zero-order valence-corrected chi connectivity index (χ0v) is 9.58. The van der Waals surface area contributed by atoms with Gasteiger partial charge in [-0.3, -0.25) is 0 Å². The van der Waals surface area contributed by atoms with E-state index in [1.54, 1.807) is 25.1 Å². The fraction of sp³-hybridized carbons (Fsp3) is 0.0769. The number of allylic oxidation sites excluding steroid dienone is 1. The average Bonchev–Trinajstić information content (AvgIpc) is 2.83. The monoisotopic (exact) mass is 236 g/mol. The van der Waals surface area contributed by atoms with Crippen LogP contribution in [0.2, 0.25) is 0 Å². The molecule has 0 unspecified atom stereocenters. The van der Waals surface area contributed by atoms with Crippen molar-refractivity contribution in [2.45, 2.75) is 6.92 Å². The van der Waals surface area contributed by atoms with Crippen LogP contribution in [0, 0.1) is 29.6 Å². The van der Waals surface area contributed by atoms with Crippen LogP contribution in [0.15, 0.2) is 34.4 Å². The molecule has 5 nitrogen and oxygen atoms in total. The molecular formula is C13H8N4O. The molecule has 1 aromatic carbocycles. The van der Waals surface area contributed by atoms with E-state index in [0.29, 0.717) is 11.7 Å². The SMILES string of the molecule is Cc1nc(-c2cccc(C=C(C#N)C#N)c2)no1. The van der Waals surface area contributed by atoms with Crippen LogP contribution >= 0.6 is 0 Å². The zero-order chi connectivity index (χ0) is 13.0. The number of aryl methyl sites for hydroxylation is 1. The van der Waals surface area contributed by atoms with Crippen LogP contribution < -0.4 is 0 Å². The van der Waals surface area contributed by atoms with Crippen LogP contribution in [-0.4, -0.2) is 10.1 Å². The standard InChI is InChI=1S/C13H8N4O/c1-9-16-13(17-18-9)12-4-2-3-10(6-12)5-11(7-14)8-15/h2-6H,1H3. The van der Waals surface area contributed by atoms with Gasteiger partial charge in [-0.1, -0.05) is 23.4 Å². The summed E-state index contributed by atoms with van der Waals surface area (Å²) in [6.45, 7) is 1.71. The van der Waals surface area contributed by atoms with E-state index < -0.39 is 0 Å². The number of nitriles is 2. The summed E-state index contributed by atoms with van der Waals surface area (Å²) in [6.07, 6.45) is 1.51. The van der Waals surface area contributed by atoms with Gasteiger partial charge in [0.1, 0.15) is 17.7 Å². The molecule has 18 heavy (non-hydrogen) atoms. The molecule has 86 valence electrons. The van der Waals surface area contributed by atoms with E-state index in [-0.39, 0.29) is 5.57 Å². The molecule has 1 heterocycles. The van der Waals surface area contributed by atoms with Gasteiger partial charge in [0.2, 0.25) is 11.7 Å². The maximum atomic E-state index is 8.70. The first-order chi connectivity index (χ1) is 8.72. The van der Waals surface area contributed by atoms with Crippen molar-refractivity contribution in [3.05, 3.63) is 41.3 Å². The van der Waals surface area contributed by atoms with Crippen LogP contribution in [0.4, 0.5) is 0 Å². The minimum Gasteiger partial charge on any atom is -0.339 e. The Labute approximate surface area is 104 Å². The first-order valence-corrected chi connectivity index (χ1v) is 5.15. The topological polar surface area (TPSA) is 86.5 Å². The van der Waals surface area contributed by atoms with Crippen molar-refractivity contribution in [2.24, 2.45) is 0 Å². The summed E-state index contributed by atoms with van der Waals surface area (Å²) in [5, 5.41) is 21.2. The number of benzene rings is 1. The second kappa shape index (κ2) is 4.94. The largest absolute Gasteiger partial charge is 0.339 e. The Morgan fingerprint density at radius 1 is 1.33 bits per heavy atom. The van der Waals surface area contributed by atoms with Crippen molar-refractivity contribution in [2.75, 3.05) is 0 Å². The summed E-state index contributed by atoms with van der Waals surface area (Å²) in [5.74, 6) is 0.971. The lowest BCUT2D eigenvalue weighted by Crippen LogP contribution is -1.83. The third kappa shape index (κ3) is 2.42. The van der Waals surface area contributed by atoms with Crippen molar-refractivity contribution in [3.8, 4) is 23.5 Å². The Bertz CT molecular complexity index is 670. The molecule has 0 bridgehead atoms. The Morgan fingerprint density at radius 3 is 2.72 bits per heavy atom. The average molecular weight is 236 g/mol. The highest BCUT2D eigenvalue weighted by atomic mass is 16.5. The molecule has 2 aromatic rings. The molecule has 0 atom stereocenters. The first kappa shape index (κ1) is 11.6. The van der Waals surface area contributed by atoms with Crippen LogP contribution in [0.25, 0.3) is 17.5 Å². The summed E-state index contributed by atoms with van der Waals surface area (Å²) < 4.78 is 4.90. The van der Waals surface area contributed by atoms with Crippen molar-refractivity contribution in [1.82, 2.24) is 10.1 Å². The summed E-state index contributed by atoms with van der Waals surface area (Å²) in [4.78, 5) is 4.11. The molecule has 0 fully saturated rings. The van der Waals surface area contributed by atoms with Gasteiger partial charge in [-0.2, -0.15) is 15.5 Å². The van der Waals surface area contributed by atoms with Gasteiger partial charge in [0.25, 0.3) is 0 Å². The Hall–Kier alpha value is -2.92. The molecule has 0 saturated heterocycles. The van der Waals surface area contributed by atoms with E-state index in [1.165, 1.54) is 6.08 Å². The molecule has 0 aliphatic rings. The summed E-state index contributed by atoms with van der Waals surface area (Å²) in [7, 11) is 0. The van der Waals surface area contributed by atoms with Gasteiger partial charge in [-0.15, -0.1) is 0 Å². The number of rotatable bonds is 2. The van der Waals surface area contributed by atoms with Gasteiger partial charge in [-0.05, 0) is 17.7 Å². The molecule has 0 saturated carbocycles. The summed E-state index contributed by atoms with van der Waals surface area (Å²) in [5.41, 5.74) is 1.57. The molecular weight excluding hydrogens is 228 g/mol. The quantitative estimate of drug-likeness (QED) is 0.747. The van der Waals surface area contributed by atoms with E-state index in [2.05, 4.69) is 10.1 Å². The normalized spacial score (nSPS) is 9.28. The van der Waals surface area contributed by atoms with Crippen molar-refractivity contribution in [3.63, 3.8) is 0 Å². The number of nitrogens with zero attached hydrogens (tertiary/aromatic N) is 4. The molecule has 2 rings (SSSR count).